The van der Waals surface area contributed by atoms with Crippen molar-refractivity contribution in [3.05, 3.63) is 20.8 Å². The monoisotopic (exact) mass is 345 g/mol. The van der Waals surface area contributed by atoms with Gasteiger partial charge in [-0.2, -0.15) is 0 Å². The smallest absolute Gasteiger partial charge is 0.305 e. The molecule has 1 aliphatic rings. The van der Waals surface area contributed by atoms with E-state index in [1.54, 1.807) is 11.3 Å². The van der Waals surface area contributed by atoms with Crippen LogP contribution in [-0.4, -0.2) is 22.5 Å². The van der Waals surface area contributed by atoms with Gasteiger partial charge in [0.05, 0.1) is 12.0 Å². The van der Waals surface area contributed by atoms with Crippen LogP contribution < -0.4 is 5.32 Å². The van der Waals surface area contributed by atoms with Gasteiger partial charge in [0, 0.05) is 21.2 Å². The molecule has 2 rings (SSSR count). The second-order valence-corrected chi connectivity index (χ2v) is 6.90. The number of thiophene rings is 1. The third-order valence-corrected chi connectivity index (χ3v) is 5.18. The van der Waals surface area contributed by atoms with Gasteiger partial charge in [0.15, 0.2) is 0 Å². The minimum Gasteiger partial charge on any atom is -0.481 e. The Morgan fingerprint density at radius 3 is 2.68 bits per heavy atom. The van der Waals surface area contributed by atoms with Crippen molar-refractivity contribution in [3.8, 4) is 0 Å². The lowest BCUT2D eigenvalue weighted by atomic mass is 9.74. The highest BCUT2D eigenvalue weighted by Crippen LogP contribution is 2.35. The number of aliphatic carboxylic acids is 1. The molecular formula is C13H16BrNO3S. The maximum absolute atomic E-state index is 11.9. The maximum Gasteiger partial charge on any atom is 0.305 e. The highest BCUT2D eigenvalue weighted by atomic mass is 79.9. The van der Waals surface area contributed by atoms with E-state index in [1.807, 2.05) is 11.4 Å². The van der Waals surface area contributed by atoms with Gasteiger partial charge in [0.1, 0.15) is 0 Å². The Morgan fingerprint density at radius 2 is 2.21 bits per heavy atom. The van der Waals surface area contributed by atoms with E-state index in [9.17, 15) is 9.59 Å². The number of nitrogens with one attached hydrogen (secondary N) is 1. The first kappa shape index (κ1) is 14.5. The average Bonchev–Trinajstić information content (AvgIpc) is 2.69. The molecule has 0 aromatic carbocycles. The molecule has 2 N–H and O–H groups in total. The minimum atomic E-state index is -0.845. The zero-order valence-corrected chi connectivity index (χ0v) is 12.8. The van der Waals surface area contributed by atoms with E-state index in [2.05, 4.69) is 21.2 Å². The third-order valence-electron chi connectivity index (χ3n) is 3.43. The van der Waals surface area contributed by atoms with Crippen molar-refractivity contribution >= 4 is 39.1 Å². The zero-order valence-electron chi connectivity index (χ0n) is 10.4. The quantitative estimate of drug-likeness (QED) is 0.832. The summed E-state index contributed by atoms with van der Waals surface area (Å²) in [6.45, 7) is 0. The molecule has 1 amide bonds. The number of carboxylic acid groups (broad SMARTS) is 1. The highest BCUT2D eigenvalue weighted by Gasteiger charge is 2.40. The normalized spacial score (nSPS) is 16.7. The number of carbonyl (C=O) groups is 2. The fraction of sp³-hybridized carbons (Fsp3) is 0.538. The fourth-order valence-electron chi connectivity index (χ4n) is 2.32. The lowest BCUT2D eigenvalue weighted by Gasteiger charge is -2.41. The summed E-state index contributed by atoms with van der Waals surface area (Å²) < 4.78 is 1.04. The molecule has 0 bridgehead atoms. The molecule has 6 heteroatoms. The number of hydrogen-bond donors (Lipinski definition) is 2. The van der Waals surface area contributed by atoms with E-state index in [0.717, 1.165) is 28.6 Å². The summed E-state index contributed by atoms with van der Waals surface area (Å²) in [7, 11) is 0. The molecule has 0 atom stereocenters. The second kappa shape index (κ2) is 6.05. The molecule has 0 radical (unpaired) electrons. The number of rotatable bonds is 6. The van der Waals surface area contributed by atoms with Crippen LogP contribution in [0, 0.1) is 0 Å². The van der Waals surface area contributed by atoms with Crippen LogP contribution in [-0.2, 0) is 16.0 Å². The van der Waals surface area contributed by atoms with Gasteiger partial charge < -0.3 is 10.4 Å². The van der Waals surface area contributed by atoms with E-state index in [-0.39, 0.29) is 12.3 Å². The molecule has 19 heavy (non-hydrogen) atoms. The molecule has 0 aliphatic heterocycles. The van der Waals surface area contributed by atoms with Gasteiger partial charge in [-0.1, -0.05) is 0 Å². The van der Waals surface area contributed by atoms with E-state index < -0.39 is 11.5 Å². The molecule has 0 saturated heterocycles. The van der Waals surface area contributed by atoms with Crippen LogP contribution >= 0.6 is 27.3 Å². The van der Waals surface area contributed by atoms with Gasteiger partial charge in [-0.05, 0) is 47.7 Å². The molecule has 1 aromatic heterocycles. The van der Waals surface area contributed by atoms with Crippen LogP contribution in [0.25, 0.3) is 0 Å². The summed E-state index contributed by atoms with van der Waals surface area (Å²) in [5, 5.41) is 13.8. The fourth-order valence-corrected chi connectivity index (χ4v) is 3.77. The van der Waals surface area contributed by atoms with Crippen LogP contribution in [0.1, 0.15) is 37.0 Å². The molecule has 0 unspecified atom stereocenters. The topological polar surface area (TPSA) is 66.4 Å². The number of halogens is 1. The first-order chi connectivity index (χ1) is 8.99. The summed E-state index contributed by atoms with van der Waals surface area (Å²) in [5.41, 5.74) is -0.487. The molecule has 104 valence electrons. The lowest BCUT2D eigenvalue weighted by molar-refractivity contribution is -0.140. The van der Waals surface area contributed by atoms with Crippen molar-refractivity contribution < 1.29 is 14.7 Å². The molecular weight excluding hydrogens is 330 g/mol. The standard InChI is InChI=1S/C13H16BrNO3S/c14-9-6-10(19-8-9)2-3-11(16)15-13(4-1-5-13)7-12(17)18/h6,8H,1-5,7H2,(H,15,16)(H,17,18). The molecule has 1 heterocycles. The highest BCUT2D eigenvalue weighted by molar-refractivity contribution is 9.10. The summed E-state index contributed by atoms with van der Waals surface area (Å²) in [6.07, 6.45) is 3.68. The lowest BCUT2D eigenvalue weighted by Crippen LogP contribution is -2.54. The number of hydrogen-bond acceptors (Lipinski definition) is 3. The van der Waals surface area contributed by atoms with Crippen molar-refractivity contribution in [2.75, 3.05) is 0 Å². The molecule has 1 fully saturated rings. The number of aryl methyl sites for hydroxylation is 1. The van der Waals surface area contributed by atoms with E-state index in [4.69, 9.17) is 5.11 Å². The average molecular weight is 346 g/mol. The minimum absolute atomic E-state index is 0.0310. The molecule has 1 aliphatic carbocycles. The summed E-state index contributed by atoms with van der Waals surface area (Å²) >= 11 is 5.00. The molecule has 4 nitrogen and oxygen atoms in total. The Morgan fingerprint density at radius 1 is 1.47 bits per heavy atom. The molecule has 1 saturated carbocycles. The molecule has 1 aromatic rings. The van der Waals surface area contributed by atoms with Crippen molar-refractivity contribution in [1.29, 1.82) is 0 Å². The molecule has 0 spiro atoms. The summed E-state index contributed by atoms with van der Waals surface area (Å²) in [6, 6.07) is 2.01. The van der Waals surface area contributed by atoms with Gasteiger partial charge in [-0.25, -0.2) is 0 Å². The van der Waals surface area contributed by atoms with E-state index >= 15 is 0 Å². The first-order valence-electron chi connectivity index (χ1n) is 6.25. The van der Waals surface area contributed by atoms with Gasteiger partial charge in [-0.3, -0.25) is 9.59 Å². The number of amides is 1. The van der Waals surface area contributed by atoms with Crippen LogP contribution in [0.2, 0.25) is 0 Å². The van der Waals surface area contributed by atoms with Gasteiger partial charge in [0.2, 0.25) is 5.91 Å². The zero-order chi connectivity index (χ0) is 13.9. The van der Waals surface area contributed by atoms with E-state index in [0.29, 0.717) is 12.8 Å². The second-order valence-electron chi connectivity index (χ2n) is 4.98. The SMILES string of the molecule is O=C(O)CC1(NC(=O)CCc2cc(Br)cs2)CCC1. The van der Waals surface area contributed by atoms with Crippen LogP contribution in [0.3, 0.4) is 0 Å². The Balaban J connectivity index is 1.81. The first-order valence-corrected chi connectivity index (χ1v) is 7.92. The van der Waals surface area contributed by atoms with E-state index in [1.165, 1.54) is 0 Å². The van der Waals surface area contributed by atoms with Crippen LogP contribution in [0.15, 0.2) is 15.9 Å². The van der Waals surface area contributed by atoms with Crippen LogP contribution in [0.4, 0.5) is 0 Å². The largest absolute Gasteiger partial charge is 0.481 e. The van der Waals surface area contributed by atoms with Crippen molar-refractivity contribution in [2.45, 2.75) is 44.1 Å². The number of carboxylic acids is 1. The Hall–Kier alpha value is -0.880. The predicted octanol–water partition coefficient (Wildman–Crippen LogP) is 2.96. The summed E-state index contributed by atoms with van der Waals surface area (Å²) in [4.78, 5) is 23.9. The van der Waals surface area contributed by atoms with Crippen molar-refractivity contribution in [2.24, 2.45) is 0 Å². The Bertz CT molecular complexity index is 482. The predicted molar refractivity (Wildman–Crippen MR) is 77.3 cm³/mol. The Labute approximate surface area is 124 Å². The van der Waals surface area contributed by atoms with Gasteiger partial charge in [-0.15, -0.1) is 11.3 Å². The van der Waals surface area contributed by atoms with Crippen molar-refractivity contribution in [1.82, 2.24) is 5.32 Å². The summed E-state index contributed by atoms with van der Waals surface area (Å²) in [5.74, 6) is -0.896. The van der Waals surface area contributed by atoms with Crippen LogP contribution in [0.5, 0.6) is 0 Å². The third kappa shape index (κ3) is 4.04. The maximum atomic E-state index is 11.9. The number of carbonyl (C=O) groups excluding carboxylic acids is 1. The Kier molecular flexibility index (Phi) is 4.62. The van der Waals surface area contributed by atoms with Gasteiger partial charge >= 0.3 is 5.97 Å². The van der Waals surface area contributed by atoms with Gasteiger partial charge in [0.25, 0.3) is 0 Å². The van der Waals surface area contributed by atoms with Crippen molar-refractivity contribution in [3.63, 3.8) is 0 Å².